The molecule has 3 fully saturated rings. The monoisotopic (exact) mass is 170 g/mol. The Morgan fingerprint density at radius 1 is 1.42 bits per heavy atom. The number of carbonyl (C=O) groups is 1. The molecule has 2 unspecified atom stereocenters. The minimum atomic E-state index is -0.163. The van der Waals surface area contributed by atoms with Crippen molar-refractivity contribution in [2.24, 2.45) is 0 Å². The molecule has 0 aromatic rings. The number of rotatable bonds is 0. The van der Waals surface area contributed by atoms with Crippen molar-refractivity contribution >= 4 is 6.09 Å². The largest absolute Gasteiger partial charge is 0.453 e. The highest BCUT2D eigenvalue weighted by Gasteiger charge is 2.46. The van der Waals surface area contributed by atoms with Crippen LogP contribution in [0.25, 0.3) is 0 Å². The van der Waals surface area contributed by atoms with Gasteiger partial charge < -0.3 is 9.64 Å². The van der Waals surface area contributed by atoms with Crippen LogP contribution in [-0.4, -0.2) is 55.2 Å². The van der Waals surface area contributed by atoms with Crippen LogP contribution in [0.3, 0.4) is 0 Å². The third-order valence-corrected chi connectivity index (χ3v) is 2.76. The van der Waals surface area contributed by atoms with Crippen molar-refractivity contribution < 1.29 is 9.53 Å². The number of amides is 1. The van der Waals surface area contributed by atoms with Gasteiger partial charge in [-0.2, -0.15) is 0 Å². The number of methoxy groups -OCH3 is 1. The van der Waals surface area contributed by atoms with Gasteiger partial charge in [-0.05, 0) is 13.5 Å². The number of likely N-dealkylation sites (N-methyl/N-ethyl adjacent to an activating group) is 1. The van der Waals surface area contributed by atoms with E-state index in [1.807, 2.05) is 4.90 Å². The molecule has 0 radical (unpaired) electrons. The number of nitrogens with zero attached hydrogens (tertiary/aromatic N) is 2. The van der Waals surface area contributed by atoms with Crippen molar-refractivity contribution in [3.8, 4) is 0 Å². The Balaban J connectivity index is 2.00. The molecular weight excluding hydrogens is 156 g/mol. The van der Waals surface area contributed by atoms with Crippen LogP contribution in [0, 0.1) is 0 Å². The summed E-state index contributed by atoms with van der Waals surface area (Å²) < 4.78 is 4.69. The van der Waals surface area contributed by atoms with Crippen LogP contribution in [-0.2, 0) is 4.74 Å². The molecule has 3 rings (SSSR count). The molecule has 0 saturated carbocycles. The predicted molar refractivity (Wildman–Crippen MR) is 43.9 cm³/mol. The summed E-state index contributed by atoms with van der Waals surface area (Å²) in [5, 5.41) is 0. The smallest absolute Gasteiger partial charge is 0.410 e. The van der Waals surface area contributed by atoms with Crippen molar-refractivity contribution in [3.63, 3.8) is 0 Å². The molecule has 4 heteroatoms. The molecule has 1 amide bonds. The minimum Gasteiger partial charge on any atom is -0.453 e. The lowest BCUT2D eigenvalue weighted by Gasteiger charge is -2.54. The molecule has 2 bridgehead atoms. The fourth-order valence-electron chi connectivity index (χ4n) is 2.22. The Morgan fingerprint density at radius 2 is 2.00 bits per heavy atom. The molecule has 0 N–H and O–H groups in total. The van der Waals surface area contributed by atoms with E-state index < -0.39 is 0 Å². The molecule has 0 spiro atoms. The summed E-state index contributed by atoms with van der Waals surface area (Å²) in [4.78, 5) is 15.3. The molecule has 3 heterocycles. The van der Waals surface area contributed by atoms with Crippen LogP contribution in [0.1, 0.15) is 6.42 Å². The third kappa shape index (κ3) is 0.982. The molecule has 68 valence electrons. The van der Waals surface area contributed by atoms with Gasteiger partial charge >= 0.3 is 6.09 Å². The van der Waals surface area contributed by atoms with Crippen molar-refractivity contribution in [3.05, 3.63) is 0 Å². The second-order valence-corrected chi connectivity index (χ2v) is 3.64. The highest BCUT2D eigenvalue weighted by molar-refractivity contribution is 5.69. The first kappa shape index (κ1) is 7.86. The summed E-state index contributed by atoms with van der Waals surface area (Å²) in [5.74, 6) is 0. The standard InChI is InChI=1S/C8H14N2O2/c1-9-4-6-3-7(5-9)10(6)8(11)12-2/h6-7H,3-5H2,1-2H3. The number of piperidine rings is 1. The lowest BCUT2D eigenvalue weighted by Crippen LogP contribution is -2.69. The number of carbonyl (C=O) groups excluding carboxylic acids is 1. The van der Waals surface area contributed by atoms with Gasteiger partial charge in [0.2, 0.25) is 0 Å². The van der Waals surface area contributed by atoms with Crippen molar-refractivity contribution in [2.75, 3.05) is 27.2 Å². The van der Waals surface area contributed by atoms with E-state index in [0.29, 0.717) is 12.1 Å². The summed E-state index contributed by atoms with van der Waals surface area (Å²) >= 11 is 0. The molecule has 0 aliphatic carbocycles. The first-order chi connectivity index (χ1) is 5.72. The van der Waals surface area contributed by atoms with Gasteiger partial charge in [-0.3, -0.25) is 4.90 Å². The Morgan fingerprint density at radius 3 is 2.50 bits per heavy atom. The van der Waals surface area contributed by atoms with Gasteiger partial charge in [0, 0.05) is 13.1 Å². The average molecular weight is 170 g/mol. The zero-order valence-electron chi connectivity index (χ0n) is 7.49. The lowest BCUT2D eigenvalue weighted by atomic mass is 9.88. The zero-order valence-corrected chi connectivity index (χ0v) is 7.49. The van der Waals surface area contributed by atoms with E-state index in [2.05, 4.69) is 11.9 Å². The summed E-state index contributed by atoms with van der Waals surface area (Å²) in [5.41, 5.74) is 0. The molecule has 2 atom stereocenters. The quantitative estimate of drug-likeness (QED) is 0.518. The van der Waals surface area contributed by atoms with Crippen molar-refractivity contribution in [1.82, 2.24) is 9.80 Å². The Labute approximate surface area is 72.1 Å². The second-order valence-electron chi connectivity index (χ2n) is 3.64. The van der Waals surface area contributed by atoms with Gasteiger partial charge in [-0.15, -0.1) is 0 Å². The highest BCUT2D eigenvalue weighted by atomic mass is 16.5. The van der Waals surface area contributed by atoms with Gasteiger partial charge in [0.1, 0.15) is 0 Å². The maximum absolute atomic E-state index is 11.2. The number of hydrogen-bond donors (Lipinski definition) is 0. The SMILES string of the molecule is COC(=O)N1C2CC1CN(C)C2. The van der Waals surface area contributed by atoms with E-state index >= 15 is 0 Å². The van der Waals surface area contributed by atoms with Crippen LogP contribution in [0.5, 0.6) is 0 Å². The molecule has 0 aromatic heterocycles. The lowest BCUT2D eigenvalue weighted by molar-refractivity contribution is -0.0471. The van der Waals surface area contributed by atoms with Crippen LogP contribution in [0.15, 0.2) is 0 Å². The molecule has 3 aliphatic rings. The van der Waals surface area contributed by atoms with E-state index in [-0.39, 0.29) is 6.09 Å². The Hall–Kier alpha value is -0.770. The van der Waals surface area contributed by atoms with Crippen LogP contribution in [0.4, 0.5) is 4.79 Å². The summed E-state index contributed by atoms with van der Waals surface area (Å²) in [6.45, 7) is 1.98. The predicted octanol–water partition coefficient (Wildman–Crippen LogP) is 0.141. The van der Waals surface area contributed by atoms with Gasteiger partial charge in [-0.1, -0.05) is 0 Å². The summed E-state index contributed by atoms with van der Waals surface area (Å²) in [6.07, 6.45) is 0.990. The van der Waals surface area contributed by atoms with Gasteiger partial charge in [0.05, 0.1) is 19.2 Å². The van der Waals surface area contributed by atoms with E-state index in [4.69, 9.17) is 4.74 Å². The topological polar surface area (TPSA) is 32.8 Å². The second kappa shape index (κ2) is 2.62. The van der Waals surface area contributed by atoms with Crippen LogP contribution in [0.2, 0.25) is 0 Å². The number of fused-ring (bicyclic) bond motifs is 2. The molecule has 12 heavy (non-hydrogen) atoms. The molecule has 0 aromatic carbocycles. The minimum absolute atomic E-state index is 0.163. The van der Waals surface area contributed by atoms with Crippen molar-refractivity contribution in [2.45, 2.75) is 18.5 Å². The normalized spacial score (nSPS) is 34.3. The van der Waals surface area contributed by atoms with E-state index in [1.54, 1.807) is 0 Å². The first-order valence-electron chi connectivity index (χ1n) is 4.27. The van der Waals surface area contributed by atoms with E-state index in [9.17, 15) is 4.79 Å². The molecular formula is C8H14N2O2. The maximum atomic E-state index is 11.2. The number of hydrogen-bond acceptors (Lipinski definition) is 3. The highest BCUT2D eigenvalue weighted by Crippen LogP contribution is 2.31. The molecule has 3 aliphatic heterocycles. The van der Waals surface area contributed by atoms with E-state index in [1.165, 1.54) is 7.11 Å². The van der Waals surface area contributed by atoms with Crippen LogP contribution < -0.4 is 0 Å². The first-order valence-corrected chi connectivity index (χ1v) is 4.27. The van der Waals surface area contributed by atoms with Crippen molar-refractivity contribution in [1.29, 1.82) is 0 Å². The summed E-state index contributed by atoms with van der Waals surface area (Å²) in [7, 11) is 3.54. The van der Waals surface area contributed by atoms with Gasteiger partial charge in [0.15, 0.2) is 0 Å². The van der Waals surface area contributed by atoms with Gasteiger partial charge in [-0.25, -0.2) is 4.79 Å². The number of ether oxygens (including phenoxy) is 1. The Kier molecular flexibility index (Phi) is 1.72. The molecule has 3 saturated heterocycles. The van der Waals surface area contributed by atoms with Crippen LogP contribution >= 0.6 is 0 Å². The maximum Gasteiger partial charge on any atom is 0.410 e. The summed E-state index contributed by atoms with van der Waals surface area (Å²) in [6, 6.07) is 0.808. The zero-order chi connectivity index (χ0) is 8.72. The fourth-order valence-corrected chi connectivity index (χ4v) is 2.22. The van der Waals surface area contributed by atoms with E-state index in [0.717, 1.165) is 19.5 Å². The third-order valence-electron chi connectivity index (χ3n) is 2.76. The fraction of sp³-hybridized carbons (Fsp3) is 0.875. The molecule has 4 nitrogen and oxygen atoms in total. The average Bonchev–Trinajstić information content (AvgIpc) is 2.03. The Bertz CT molecular complexity index is 195. The van der Waals surface area contributed by atoms with Gasteiger partial charge in [0.25, 0.3) is 0 Å². The number of piperazine rings is 1.